The summed E-state index contributed by atoms with van der Waals surface area (Å²) >= 11 is 0. The van der Waals surface area contributed by atoms with Crippen molar-refractivity contribution in [1.29, 1.82) is 0 Å². The number of hydrogen-bond donors (Lipinski definition) is 0. The predicted octanol–water partition coefficient (Wildman–Crippen LogP) is 14.9. The van der Waals surface area contributed by atoms with E-state index < -0.39 is 0 Å². The van der Waals surface area contributed by atoms with Crippen LogP contribution in [0.2, 0.25) is 0 Å². The minimum absolute atomic E-state index is 0.493. The summed E-state index contributed by atoms with van der Waals surface area (Å²) in [7, 11) is 0. The van der Waals surface area contributed by atoms with E-state index in [2.05, 4.69) is 89.5 Å². The normalized spacial score (nSPS) is 11.3. The molecule has 0 bridgehead atoms. The van der Waals surface area contributed by atoms with Gasteiger partial charge in [0, 0.05) is 60.8 Å². The van der Waals surface area contributed by atoms with Gasteiger partial charge in [-0.3, -0.25) is 0 Å². The third kappa shape index (κ3) is 8.26. The Balaban J connectivity index is 1.10. The summed E-state index contributed by atoms with van der Waals surface area (Å²) in [6, 6.07) is 84.0. The van der Waals surface area contributed by atoms with Gasteiger partial charge in [0.1, 0.15) is 0 Å². The molecule has 0 aliphatic carbocycles. The van der Waals surface area contributed by atoms with Crippen LogP contribution in [0.4, 0.5) is 0 Å². The van der Waals surface area contributed by atoms with Crippen LogP contribution in [0.3, 0.4) is 0 Å². The highest BCUT2D eigenvalue weighted by Crippen LogP contribution is 2.42. The molecule has 9 nitrogen and oxygen atoms in total. The van der Waals surface area contributed by atoms with Crippen LogP contribution in [0, 0.1) is 0 Å². The predicted molar refractivity (Wildman–Crippen MR) is 292 cm³/mol. The fraction of sp³-hybridized carbons (Fsp3) is 0. The molecule has 0 saturated heterocycles. The Morgan fingerprint density at radius 2 is 0.562 bits per heavy atom. The Hall–Kier alpha value is -10.1. The van der Waals surface area contributed by atoms with Crippen molar-refractivity contribution >= 4 is 21.8 Å². The van der Waals surface area contributed by atoms with Gasteiger partial charge in [0.15, 0.2) is 40.8 Å². The van der Waals surface area contributed by atoms with Crippen molar-refractivity contribution in [3.63, 3.8) is 0 Å². The molecule has 0 atom stereocenters. The lowest BCUT2D eigenvalue weighted by molar-refractivity contribution is 1.05. The summed E-state index contributed by atoms with van der Waals surface area (Å²) in [5, 5.41) is 2.05. The third-order valence-corrected chi connectivity index (χ3v) is 12.9. The molecule has 9 heteroatoms. The second kappa shape index (κ2) is 18.7. The van der Waals surface area contributed by atoms with Gasteiger partial charge in [0.2, 0.25) is 0 Å². The monoisotopic (exact) mass is 935 g/mol. The molecular formula is C64H41N9. The maximum atomic E-state index is 5.31. The van der Waals surface area contributed by atoms with Crippen molar-refractivity contribution in [2.45, 2.75) is 0 Å². The zero-order valence-corrected chi connectivity index (χ0v) is 39.2. The van der Waals surface area contributed by atoms with Crippen LogP contribution >= 0.6 is 0 Å². The second-order valence-electron chi connectivity index (χ2n) is 17.6. The number of fused-ring (bicyclic) bond motifs is 3. The second-order valence-corrected chi connectivity index (χ2v) is 17.6. The topological polar surface area (TPSA) is 108 Å². The summed E-state index contributed by atoms with van der Waals surface area (Å²) in [5.74, 6) is 3.83. The minimum atomic E-state index is 0.493. The zero-order valence-electron chi connectivity index (χ0n) is 39.2. The average molecular weight is 936 g/mol. The Labute approximate surface area is 421 Å². The average Bonchev–Trinajstić information content (AvgIpc) is 3.81. The lowest BCUT2D eigenvalue weighted by Crippen LogP contribution is -2.07. The molecule has 0 aliphatic heterocycles. The number of rotatable bonds is 10. The lowest BCUT2D eigenvalue weighted by Gasteiger charge is -2.19. The number of benzene rings is 9. The van der Waals surface area contributed by atoms with Crippen molar-refractivity contribution in [1.82, 2.24) is 44.4 Å². The van der Waals surface area contributed by atoms with Gasteiger partial charge in [0.05, 0.1) is 28.1 Å². The molecule has 0 unspecified atom stereocenters. The highest BCUT2D eigenvalue weighted by atomic mass is 15.1. The van der Waals surface area contributed by atoms with Gasteiger partial charge in [-0.05, 0) is 42.5 Å². The molecule has 0 saturated carbocycles. The molecule has 0 spiro atoms. The SMILES string of the molecule is c1ccc(-c2cc(-c3ccccc3)nc(-c3ccc4c(c3)c3ccccc3n4-c3c(-c4nc(-c5ccccc5)nc(-c5ccccc5)n4)cccc3-c3nc(-c4ccccc4)nc(-c4ccccc4)n3)n2)cc1. The fourth-order valence-electron chi connectivity index (χ4n) is 9.45. The Kier molecular flexibility index (Phi) is 11.0. The molecule has 4 heterocycles. The summed E-state index contributed by atoms with van der Waals surface area (Å²) in [6.07, 6.45) is 0. The minimum Gasteiger partial charge on any atom is -0.308 e. The smallest absolute Gasteiger partial charge is 0.166 e. The van der Waals surface area contributed by atoms with E-state index >= 15 is 0 Å². The van der Waals surface area contributed by atoms with E-state index in [-0.39, 0.29) is 0 Å². The first-order valence-corrected chi connectivity index (χ1v) is 24.1. The third-order valence-electron chi connectivity index (χ3n) is 12.9. The fourth-order valence-corrected chi connectivity index (χ4v) is 9.45. The summed E-state index contributed by atoms with van der Waals surface area (Å²) < 4.78 is 2.30. The van der Waals surface area contributed by atoms with Crippen LogP contribution < -0.4 is 0 Å². The van der Waals surface area contributed by atoms with E-state index in [1.54, 1.807) is 0 Å². The van der Waals surface area contributed by atoms with Crippen molar-refractivity contribution < 1.29 is 0 Å². The van der Waals surface area contributed by atoms with Crippen molar-refractivity contribution in [3.05, 3.63) is 249 Å². The van der Waals surface area contributed by atoms with Crippen molar-refractivity contribution in [2.24, 2.45) is 0 Å². The first-order chi connectivity index (χ1) is 36.2. The van der Waals surface area contributed by atoms with E-state index in [9.17, 15) is 0 Å². The summed E-state index contributed by atoms with van der Waals surface area (Å²) in [6.45, 7) is 0. The van der Waals surface area contributed by atoms with Gasteiger partial charge in [-0.1, -0.05) is 206 Å². The van der Waals surface area contributed by atoms with Gasteiger partial charge < -0.3 is 4.57 Å². The zero-order chi connectivity index (χ0) is 48.5. The summed E-state index contributed by atoms with van der Waals surface area (Å²) in [4.78, 5) is 41.9. The molecule has 0 N–H and O–H groups in total. The number of para-hydroxylation sites is 2. The van der Waals surface area contributed by atoms with Crippen LogP contribution in [0.25, 0.3) is 130 Å². The number of hydrogen-bond acceptors (Lipinski definition) is 8. The van der Waals surface area contributed by atoms with E-state index in [0.717, 1.165) is 89.0 Å². The maximum absolute atomic E-state index is 5.31. The largest absolute Gasteiger partial charge is 0.308 e. The van der Waals surface area contributed by atoms with Crippen molar-refractivity contribution in [3.8, 4) is 108 Å². The highest BCUT2D eigenvalue weighted by Gasteiger charge is 2.25. The Morgan fingerprint density at radius 1 is 0.219 bits per heavy atom. The van der Waals surface area contributed by atoms with Gasteiger partial charge in [-0.25, -0.2) is 39.9 Å². The van der Waals surface area contributed by atoms with Crippen molar-refractivity contribution in [2.75, 3.05) is 0 Å². The standard InChI is InChI=1S/C64H41N9/c1-7-22-42(23-8-1)53-41-54(43-24-9-2-10-25-43)66-62(65-53)48-38-39-56-52(40-48)49-34-19-20-37-55(49)73(56)57-50(63-69-58(44-26-11-3-12-27-44)67-59(70-63)45-28-13-4-14-29-45)35-21-36-51(57)64-71-60(46-30-15-5-16-31-46)68-61(72-64)47-32-17-6-18-33-47/h1-41H. The highest BCUT2D eigenvalue weighted by molar-refractivity contribution is 6.11. The molecule has 342 valence electrons. The molecular weight excluding hydrogens is 895 g/mol. The van der Waals surface area contributed by atoms with E-state index in [1.165, 1.54) is 0 Å². The van der Waals surface area contributed by atoms with Gasteiger partial charge in [-0.15, -0.1) is 0 Å². The van der Waals surface area contributed by atoms with Gasteiger partial charge >= 0.3 is 0 Å². The molecule has 4 aromatic heterocycles. The van der Waals surface area contributed by atoms with Gasteiger partial charge in [-0.2, -0.15) is 0 Å². The summed E-state index contributed by atoms with van der Waals surface area (Å²) in [5.41, 5.74) is 12.3. The maximum Gasteiger partial charge on any atom is 0.166 e. The molecule has 13 rings (SSSR count). The van der Waals surface area contributed by atoms with Crippen LogP contribution in [0.15, 0.2) is 249 Å². The quantitative estimate of drug-likeness (QED) is 0.133. The number of nitrogens with zero attached hydrogens (tertiary/aromatic N) is 9. The molecule has 0 aliphatic rings. The van der Waals surface area contributed by atoms with Crippen LogP contribution in [-0.4, -0.2) is 44.4 Å². The molecule has 0 fully saturated rings. The molecule has 13 aromatic rings. The molecule has 73 heavy (non-hydrogen) atoms. The first kappa shape index (κ1) is 42.9. The molecule has 9 aromatic carbocycles. The molecule has 0 amide bonds. The van der Waals surface area contributed by atoms with E-state index in [0.29, 0.717) is 40.8 Å². The van der Waals surface area contributed by atoms with E-state index in [1.807, 2.05) is 164 Å². The van der Waals surface area contributed by atoms with Crippen LogP contribution in [0.5, 0.6) is 0 Å². The first-order valence-electron chi connectivity index (χ1n) is 24.1. The van der Waals surface area contributed by atoms with Crippen LogP contribution in [-0.2, 0) is 0 Å². The lowest BCUT2D eigenvalue weighted by atomic mass is 10.0. The van der Waals surface area contributed by atoms with E-state index in [4.69, 9.17) is 39.9 Å². The van der Waals surface area contributed by atoms with Gasteiger partial charge in [0.25, 0.3) is 0 Å². The molecule has 0 radical (unpaired) electrons. The Bertz CT molecular complexity index is 3800. The van der Waals surface area contributed by atoms with Crippen LogP contribution in [0.1, 0.15) is 0 Å². The Morgan fingerprint density at radius 3 is 0.986 bits per heavy atom. The number of aromatic nitrogens is 9.